The number of carbonyl (C=O) groups is 1. The van der Waals surface area contributed by atoms with Gasteiger partial charge in [-0.3, -0.25) is 4.79 Å². The number of nitrogens with zero attached hydrogens (tertiary/aromatic N) is 2. The molecule has 2 heterocycles. The Hall–Kier alpha value is -1.88. The normalized spacial score (nSPS) is 22.7. The van der Waals surface area contributed by atoms with E-state index in [9.17, 15) is 4.79 Å². The van der Waals surface area contributed by atoms with Crippen molar-refractivity contribution in [2.75, 3.05) is 13.1 Å². The van der Waals surface area contributed by atoms with Crippen LogP contribution in [-0.4, -0.2) is 39.9 Å². The van der Waals surface area contributed by atoms with Crippen molar-refractivity contribution in [3.8, 4) is 0 Å². The fraction of sp³-hybridized carbons (Fsp3) is 0.500. The average molecular weight is 286 g/mol. The lowest BCUT2D eigenvalue weighted by atomic mass is 9.88. The van der Waals surface area contributed by atoms with Crippen LogP contribution in [0.4, 0.5) is 0 Å². The number of hydrogen-bond acceptors (Lipinski definition) is 3. The molecule has 3 rings (SSSR count). The maximum Gasteiger partial charge on any atom is 0.254 e. The summed E-state index contributed by atoms with van der Waals surface area (Å²) >= 11 is 0. The Morgan fingerprint density at radius 2 is 2.38 bits per heavy atom. The summed E-state index contributed by atoms with van der Waals surface area (Å²) < 4.78 is 0. The number of nitrogens with one attached hydrogen (secondary N) is 1. The maximum absolute atomic E-state index is 12.8. The van der Waals surface area contributed by atoms with Gasteiger partial charge in [0.1, 0.15) is 0 Å². The largest absolute Gasteiger partial charge is 0.345 e. The topological polar surface area (TPSA) is 75.0 Å². The molecule has 1 aromatic carbocycles. The number of likely N-dealkylation sites (tertiary alicyclic amines) is 1. The van der Waals surface area contributed by atoms with Crippen LogP contribution in [0.15, 0.2) is 24.5 Å². The van der Waals surface area contributed by atoms with E-state index in [-0.39, 0.29) is 11.9 Å². The summed E-state index contributed by atoms with van der Waals surface area (Å²) in [6, 6.07) is 5.78. The van der Waals surface area contributed by atoms with Gasteiger partial charge in [0.25, 0.3) is 5.91 Å². The molecule has 0 aliphatic carbocycles. The third kappa shape index (κ3) is 2.65. The molecular weight excluding hydrogens is 264 g/mol. The minimum atomic E-state index is 0.0801. The molecule has 3 N–H and O–H groups in total. The van der Waals surface area contributed by atoms with E-state index in [1.807, 2.05) is 23.1 Å². The molecule has 2 unspecified atom stereocenters. The zero-order chi connectivity index (χ0) is 14.8. The van der Waals surface area contributed by atoms with Crippen LogP contribution >= 0.6 is 0 Å². The molecule has 2 atom stereocenters. The third-order valence-corrected chi connectivity index (χ3v) is 4.60. The lowest BCUT2D eigenvalue weighted by Crippen LogP contribution is -2.49. The molecule has 1 fully saturated rings. The molecule has 1 aromatic heterocycles. The van der Waals surface area contributed by atoms with Crippen molar-refractivity contribution in [2.45, 2.75) is 32.2 Å². The summed E-state index contributed by atoms with van der Waals surface area (Å²) in [6.07, 6.45) is 4.91. The van der Waals surface area contributed by atoms with E-state index in [0.717, 1.165) is 30.4 Å². The Bertz CT molecular complexity index is 636. The molecule has 0 saturated carbocycles. The Morgan fingerprint density at radius 1 is 1.52 bits per heavy atom. The SMILES string of the molecule is CCC1CCN(C(=O)c2ccc3nc[nH]c3c2)C(CN)C1. The molecular formula is C16H22N4O. The molecule has 112 valence electrons. The number of aromatic amines is 1. The van der Waals surface area contributed by atoms with Crippen molar-refractivity contribution in [1.29, 1.82) is 0 Å². The minimum absolute atomic E-state index is 0.0801. The second kappa shape index (κ2) is 5.85. The zero-order valence-electron chi connectivity index (χ0n) is 12.4. The summed E-state index contributed by atoms with van der Waals surface area (Å²) in [6.45, 7) is 3.55. The van der Waals surface area contributed by atoms with Crippen LogP contribution in [0.1, 0.15) is 36.5 Å². The molecule has 1 amide bonds. The number of aromatic nitrogens is 2. The number of piperidine rings is 1. The van der Waals surface area contributed by atoms with E-state index in [1.54, 1.807) is 6.33 Å². The van der Waals surface area contributed by atoms with Gasteiger partial charge in [-0.1, -0.05) is 13.3 Å². The fourth-order valence-electron chi connectivity index (χ4n) is 3.23. The van der Waals surface area contributed by atoms with E-state index in [2.05, 4.69) is 16.9 Å². The van der Waals surface area contributed by atoms with E-state index in [4.69, 9.17) is 5.73 Å². The number of carbonyl (C=O) groups excluding carboxylic acids is 1. The molecule has 2 aromatic rings. The van der Waals surface area contributed by atoms with Gasteiger partial charge in [-0.25, -0.2) is 4.98 Å². The Kier molecular flexibility index (Phi) is 3.92. The van der Waals surface area contributed by atoms with Gasteiger partial charge < -0.3 is 15.6 Å². The first-order chi connectivity index (χ1) is 10.2. The second-order valence-electron chi connectivity index (χ2n) is 5.82. The smallest absolute Gasteiger partial charge is 0.254 e. The van der Waals surface area contributed by atoms with E-state index < -0.39 is 0 Å². The number of H-pyrrole nitrogens is 1. The Morgan fingerprint density at radius 3 is 3.14 bits per heavy atom. The number of benzene rings is 1. The first-order valence-electron chi connectivity index (χ1n) is 7.67. The van der Waals surface area contributed by atoms with E-state index in [1.165, 1.54) is 6.42 Å². The van der Waals surface area contributed by atoms with E-state index >= 15 is 0 Å². The van der Waals surface area contributed by atoms with Gasteiger partial charge in [-0.2, -0.15) is 0 Å². The average Bonchev–Trinajstić information content (AvgIpc) is 3.01. The quantitative estimate of drug-likeness (QED) is 0.908. The summed E-state index contributed by atoms with van der Waals surface area (Å²) in [5, 5.41) is 0. The fourth-order valence-corrected chi connectivity index (χ4v) is 3.23. The van der Waals surface area contributed by atoms with Crippen LogP contribution in [-0.2, 0) is 0 Å². The predicted octanol–water partition coefficient (Wildman–Crippen LogP) is 2.15. The Labute approximate surface area is 124 Å². The number of fused-ring (bicyclic) bond motifs is 1. The number of amides is 1. The van der Waals surface area contributed by atoms with Crippen molar-refractivity contribution in [3.63, 3.8) is 0 Å². The van der Waals surface area contributed by atoms with Gasteiger partial charge >= 0.3 is 0 Å². The van der Waals surface area contributed by atoms with Gasteiger partial charge in [0, 0.05) is 24.7 Å². The third-order valence-electron chi connectivity index (χ3n) is 4.60. The van der Waals surface area contributed by atoms with Crippen molar-refractivity contribution < 1.29 is 4.79 Å². The lowest BCUT2D eigenvalue weighted by molar-refractivity contribution is 0.0558. The summed E-state index contributed by atoms with van der Waals surface area (Å²) in [5.74, 6) is 0.772. The molecule has 1 aliphatic rings. The lowest BCUT2D eigenvalue weighted by Gasteiger charge is -2.39. The zero-order valence-corrected chi connectivity index (χ0v) is 12.4. The van der Waals surface area contributed by atoms with Crippen molar-refractivity contribution in [1.82, 2.24) is 14.9 Å². The van der Waals surface area contributed by atoms with Gasteiger partial charge in [0.2, 0.25) is 0 Å². The highest BCUT2D eigenvalue weighted by atomic mass is 16.2. The Balaban J connectivity index is 1.83. The van der Waals surface area contributed by atoms with Crippen LogP contribution in [0.3, 0.4) is 0 Å². The highest BCUT2D eigenvalue weighted by Crippen LogP contribution is 2.26. The molecule has 1 aliphatic heterocycles. The monoisotopic (exact) mass is 286 g/mol. The van der Waals surface area contributed by atoms with Crippen molar-refractivity contribution in [2.24, 2.45) is 11.7 Å². The molecule has 0 radical (unpaired) electrons. The highest BCUT2D eigenvalue weighted by molar-refractivity contribution is 5.97. The van der Waals surface area contributed by atoms with E-state index in [0.29, 0.717) is 18.0 Å². The molecule has 0 bridgehead atoms. The van der Waals surface area contributed by atoms with Gasteiger partial charge in [0.15, 0.2) is 0 Å². The number of rotatable bonds is 3. The van der Waals surface area contributed by atoms with Crippen LogP contribution in [0.25, 0.3) is 11.0 Å². The number of nitrogens with two attached hydrogens (primary N) is 1. The van der Waals surface area contributed by atoms with Gasteiger partial charge in [-0.05, 0) is 37.0 Å². The van der Waals surface area contributed by atoms with Crippen LogP contribution < -0.4 is 5.73 Å². The molecule has 21 heavy (non-hydrogen) atoms. The molecule has 5 nitrogen and oxygen atoms in total. The number of imidazole rings is 1. The minimum Gasteiger partial charge on any atom is -0.345 e. The molecule has 1 saturated heterocycles. The van der Waals surface area contributed by atoms with Crippen molar-refractivity contribution >= 4 is 16.9 Å². The number of hydrogen-bond donors (Lipinski definition) is 2. The van der Waals surface area contributed by atoms with Crippen molar-refractivity contribution in [3.05, 3.63) is 30.1 Å². The van der Waals surface area contributed by atoms with Crippen LogP contribution in [0, 0.1) is 5.92 Å². The molecule has 0 spiro atoms. The van der Waals surface area contributed by atoms with Gasteiger partial charge in [0.05, 0.1) is 17.4 Å². The standard InChI is InChI=1S/C16H22N4O/c1-2-11-5-6-20(13(7-11)9-17)16(21)12-3-4-14-15(8-12)19-10-18-14/h3-4,8,10-11,13H,2,5-7,9,17H2,1H3,(H,18,19). The maximum atomic E-state index is 12.8. The highest BCUT2D eigenvalue weighted by Gasteiger charge is 2.30. The summed E-state index contributed by atoms with van der Waals surface area (Å²) in [4.78, 5) is 21.9. The summed E-state index contributed by atoms with van der Waals surface area (Å²) in [7, 11) is 0. The van der Waals surface area contributed by atoms with Crippen LogP contribution in [0.5, 0.6) is 0 Å². The first kappa shape index (κ1) is 14.1. The summed E-state index contributed by atoms with van der Waals surface area (Å²) in [5.41, 5.74) is 8.38. The van der Waals surface area contributed by atoms with Gasteiger partial charge in [-0.15, -0.1) is 0 Å². The first-order valence-corrected chi connectivity index (χ1v) is 7.67. The van der Waals surface area contributed by atoms with Crippen LogP contribution in [0.2, 0.25) is 0 Å². The predicted molar refractivity (Wildman–Crippen MR) is 83.0 cm³/mol. The second-order valence-corrected chi connectivity index (χ2v) is 5.82. The molecule has 5 heteroatoms.